The van der Waals surface area contributed by atoms with Gasteiger partial charge in [-0.05, 0) is 0 Å². The Labute approximate surface area is 101 Å². The molecule has 0 atom stereocenters. The molecule has 0 aromatic heterocycles. The largest absolute Gasteiger partial charge is 0.393 e. The van der Waals surface area contributed by atoms with Gasteiger partial charge in [0, 0.05) is 18.4 Å². The second-order valence-corrected chi connectivity index (χ2v) is 6.03. The van der Waals surface area contributed by atoms with E-state index < -0.39 is 10.8 Å². The number of rotatable bonds is 3. The highest BCUT2D eigenvalue weighted by atomic mass is 32.1. The summed E-state index contributed by atoms with van der Waals surface area (Å²) in [5.41, 5.74) is 4.48. The fraction of sp³-hybridized carbons (Fsp3) is 0.727. The fourth-order valence-electron chi connectivity index (χ4n) is 1.66. The summed E-state index contributed by atoms with van der Waals surface area (Å²) in [6.45, 7) is 7.49. The van der Waals surface area contributed by atoms with Crippen LogP contribution in [0.15, 0.2) is 0 Å². The van der Waals surface area contributed by atoms with Gasteiger partial charge in [0.25, 0.3) is 0 Å². The third-order valence-corrected chi connectivity index (χ3v) is 3.49. The molecule has 1 aliphatic rings. The molecule has 90 valence electrons. The van der Waals surface area contributed by atoms with Crippen LogP contribution in [0.1, 0.15) is 34.1 Å². The van der Waals surface area contributed by atoms with Crippen LogP contribution < -0.4 is 5.73 Å². The quantitative estimate of drug-likeness (QED) is 0.594. The fourth-order valence-corrected chi connectivity index (χ4v) is 1.73. The standard InChI is InChI=1S/C11H18N2O2S/c1-10(2)5-7(14)13(9(10)15)6-11(3,4)8(12)16/h5-6H2,1-4H3,(H2,12,16). The Bertz CT molecular complexity index is 361. The lowest BCUT2D eigenvalue weighted by Crippen LogP contribution is -2.45. The number of hydrogen-bond donors (Lipinski definition) is 1. The van der Waals surface area contributed by atoms with Crippen LogP contribution >= 0.6 is 12.2 Å². The van der Waals surface area contributed by atoms with Crippen molar-refractivity contribution in [2.45, 2.75) is 34.1 Å². The van der Waals surface area contributed by atoms with Gasteiger partial charge in [-0.2, -0.15) is 0 Å². The van der Waals surface area contributed by atoms with E-state index in [4.69, 9.17) is 18.0 Å². The van der Waals surface area contributed by atoms with Gasteiger partial charge in [-0.25, -0.2) is 0 Å². The first-order valence-corrected chi connectivity index (χ1v) is 5.63. The summed E-state index contributed by atoms with van der Waals surface area (Å²) < 4.78 is 0. The number of thiocarbonyl (C=S) groups is 1. The van der Waals surface area contributed by atoms with Crippen LogP contribution in [0.2, 0.25) is 0 Å². The highest BCUT2D eigenvalue weighted by molar-refractivity contribution is 7.80. The number of nitrogens with zero attached hydrogens (tertiary/aromatic N) is 1. The third-order valence-electron chi connectivity index (χ3n) is 2.94. The molecular formula is C11H18N2O2S. The van der Waals surface area contributed by atoms with Crippen LogP contribution in [-0.4, -0.2) is 28.2 Å². The van der Waals surface area contributed by atoms with Gasteiger partial charge in [0.2, 0.25) is 11.8 Å². The van der Waals surface area contributed by atoms with E-state index in [1.165, 1.54) is 4.90 Å². The first-order chi connectivity index (χ1) is 7.08. The number of amides is 2. The Balaban J connectivity index is 2.88. The minimum absolute atomic E-state index is 0.137. The number of hydrogen-bond acceptors (Lipinski definition) is 3. The summed E-state index contributed by atoms with van der Waals surface area (Å²) in [6, 6.07) is 0. The average Bonchev–Trinajstić information content (AvgIpc) is 2.27. The van der Waals surface area contributed by atoms with E-state index in [0.29, 0.717) is 4.99 Å². The number of likely N-dealkylation sites (tertiary alicyclic amines) is 1. The smallest absolute Gasteiger partial charge is 0.235 e. The van der Waals surface area contributed by atoms with Crippen molar-refractivity contribution in [2.75, 3.05) is 6.54 Å². The minimum atomic E-state index is -0.594. The molecule has 4 nitrogen and oxygen atoms in total. The van der Waals surface area contributed by atoms with Crippen molar-refractivity contribution in [1.82, 2.24) is 4.90 Å². The first-order valence-electron chi connectivity index (χ1n) is 5.23. The molecule has 0 aromatic rings. The van der Waals surface area contributed by atoms with Crippen molar-refractivity contribution in [3.8, 4) is 0 Å². The first kappa shape index (κ1) is 13.1. The Morgan fingerprint density at radius 3 is 2.31 bits per heavy atom. The zero-order valence-electron chi connectivity index (χ0n) is 10.2. The highest BCUT2D eigenvalue weighted by Gasteiger charge is 2.46. The van der Waals surface area contributed by atoms with Crippen molar-refractivity contribution < 1.29 is 9.59 Å². The molecule has 1 saturated heterocycles. The molecule has 0 unspecified atom stereocenters. The number of carbonyl (C=O) groups is 2. The molecule has 0 saturated carbocycles. The topological polar surface area (TPSA) is 63.4 Å². The summed E-state index contributed by atoms with van der Waals surface area (Å²) in [7, 11) is 0. The Morgan fingerprint density at radius 2 is 2.00 bits per heavy atom. The minimum Gasteiger partial charge on any atom is -0.393 e. The predicted molar refractivity (Wildman–Crippen MR) is 65.7 cm³/mol. The molecule has 1 rings (SSSR count). The van der Waals surface area contributed by atoms with Crippen molar-refractivity contribution in [2.24, 2.45) is 16.6 Å². The number of nitrogens with two attached hydrogens (primary N) is 1. The Hall–Kier alpha value is -0.970. The maximum Gasteiger partial charge on any atom is 0.235 e. The summed E-state index contributed by atoms with van der Waals surface area (Å²) in [5, 5.41) is 0. The van der Waals surface area contributed by atoms with Gasteiger partial charge in [0.15, 0.2) is 0 Å². The maximum absolute atomic E-state index is 12.0. The summed E-state index contributed by atoms with van der Waals surface area (Å²) >= 11 is 4.93. The molecule has 0 bridgehead atoms. The Morgan fingerprint density at radius 1 is 1.50 bits per heavy atom. The molecule has 0 radical (unpaired) electrons. The lowest BCUT2D eigenvalue weighted by molar-refractivity contribution is -0.141. The molecule has 2 amide bonds. The van der Waals surface area contributed by atoms with E-state index in [1.54, 1.807) is 13.8 Å². The van der Waals surface area contributed by atoms with Gasteiger partial charge in [-0.3, -0.25) is 14.5 Å². The Kier molecular flexibility index (Phi) is 3.11. The van der Waals surface area contributed by atoms with Crippen LogP contribution in [0.5, 0.6) is 0 Å². The van der Waals surface area contributed by atoms with Crippen molar-refractivity contribution in [3.63, 3.8) is 0 Å². The van der Waals surface area contributed by atoms with E-state index in [-0.39, 0.29) is 24.8 Å². The molecule has 1 heterocycles. The van der Waals surface area contributed by atoms with Crippen molar-refractivity contribution in [3.05, 3.63) is 0 Å². The normalized spacial score (nSPS) is 20.4. The van der Waals surface area contributed by atoms with Crippen LogP contribution in [0.4, 0.5) is 0 Å². The van der Waals surface area contributed by atoms with E-state index in [9.17, 15) is 9.59 Å². The summed E-state index contributed by atoms with van der Waals surface area (Å²) in [4.78, 5) is 25.3. The van der Waals surface area contributed by atoms with Gasteiger partial charge in [0.1, 0.15) is 0 Å². The molecular weight excluding hydrogens is 224 g/mol. The van der Waals surface area contributed by atoms with E-state index >= 15 is 0 Å². The summed E-state index contributed by atoms with van der Waals surface area (Å²) in [5.74, 6) is -0.277. The molecule has 0 spiro atoms. The van der Waals surface area contributed by atoms with E-state index in [0.717, 1.165) is 0 Å². The van der Waals surface area contributed by atoms with Gasteiger partial charge < -0.3 is 5.73 Å². The molecule has 1 aliphatic heterocycles. The van der Waals surface area contributed by atoms with Gasteiger partial charge >= 0.3 is 0 Å². The van der Waals surface area contributed by atoms with Crippen molar-refractivity contribution >= 4 is 29.0 Å². The molecule has 16 heavy (non-hydrogen) atoms. The molecule has 0 aliphatic carbocycles. The van der Waals surface area contributed by atoms with Gasteiger partial charge in [0.05, 0.1) is 10.4 Å². The molecule has 0 aromatic carbocycles. The third kappa shape index (κ3) is 2.24. The van der Waals surface area contributed by atoms with Gasteiger partial charge in [-0.15, -0.1) is 0 Å². The second kappa shape index (κ2) is 3.80. The zero-order valence-corrected chi connectivity index (χ0v) is 11.0. The molecule has 5 heteroatoms. The van der Waals surface area contributed by atoms with Crippen molar-refractivity contribution in [1.29, 1.82) is 0 Å². The van der Waals surface area contributed by atoms with Crippen LogP contribution in [0.25, 0.3) is 0 Å². The van der Waals surface area contributed by atoms with E-state index in [1.807, 2.05) is 13.8 Å². The van der Waals surface area contributed by atoms with Gasteiger partial charge in [-0.1, -0.05) is 39.9 Å². The van der Waals surface area contributed by atoms with E-state index in [2.05, 4.69) is 0 Å². The maximum atomic E-state index is 12.0. The number of carbonyl (C=O) groups excluding carboxylic acids is 2. The lowest BCUT2D eigenvalue weighted by atomic mass is 9.91. The van der Waals surface area contributed by atoms with Crippen LogP contribution in [0, 0.1) is 10.8 Å². The second-order valence-electron chi connectivity index (χ2n) is 5.59. The zero-order chi connectivity index (χ0) is 12.7. The molecule has 2 N–H and O–H groups in total. The predicted octanol–water partition coefficient (Wildman–Crippen LogP) is 1.08. The number of imide groups is 1. The van der Waals surface area contributed by atoms with Crippen LogP contribution in [-0.2, 0) is 9.59 Å². The lowest BCUT2D eigenvalue weighted by Gasteiger charge is -2.28. The monoisotopic (exact) mass is 242 g/mol. The summed E-state index contributed by atoms with van der Waals surface area (Å²) in [6.07, 6.45) is 0.263. The van der Waals surface area contributed by atoms with Crippen LogP contribution in [0.3, 0.4) is 0 Å². The average molecular weight is 242 g/mol. The highest BCUT2D eigenvalue weighted by Crippen LogP contribution is 2.33. The SMILES string of the molecule is CC1(C)CC(=O)N(CC(C)(C)C(N)=S)C1=O. The molecule has 1 fully saturated rings.